The minimum atomic E-state index is 0.195. The van der Waals surface area contributed by atoms with Crippen LogP contribution in [0.2, 0.25) is 0 Å². The van der Waals surface area contributed by atoms with Crippen molar-refractivity contribution in [2.45, 2.75) is 64.1 Å². The molecule has 0 aliphatic carbocycles. The smallest absolute Gasteiger partial charge is 0.0609 e. The molecular weight excluding hydrogens is 254 g/mol. The van der Waals surface area contributed by atoms with Gasteiger partial charge in [-0.2, -0.15) is 0 Å². The molecule has 90 valence electrons. The molecule has 1 rings (SSSR count). The Bertz CT molecular complexity index is 188. The van der Waals surface area contributed by atoms with Crippen LogP contribution in [0, 0.1) is 0 Å². The summed E-state index contributed by atoms with van der Waals surface area (Å²) in [7, 11) is 0. The summed E-state index contributed by atoms with van der Waals surface area (Å²) in [4.78, 5) is 0. The Morgan fingerprint density at radius 2 is 1.73 bits per heavy atom. The van der Waals surface area contributed by atoms with E-state index in [2.05, 4.69) is 48.9 Å². The van der Waals surface area contributed by atoms with E-state index >= 15 is 0 Å². The van der Waals surface area contributed by atoms with Crippen molar-refractivity contribution in [2.75, 3.05) is 11.9 Å². The summed E-state index contributed by atoms with van der Waals surface area (Å²) in [6.07, 6.45) is 3.73. The van der Waals surface area contributed by atoms with Gasteiger partial charge < -0.3 is 10.1 Å². The first-order valence-electron chi connectivity index (χ1n) is 5.82. The molecule has 0 aromatic rings. The molecule has 0 aromatic carbocycles. The highest BCUT2D eigenvalue weighted by Gasteiger charge is 2.37. The van der Waals surface area contributed by atoms with Gasteiger partial charge in [-0.15, -0.1) is 0 Å². The van der Waals surface area contributed by atoms with Crippen LogP contribution in [0.5, 0.6) is 0 Å². The molecule has 1 fully saturated rings. The van der Waals surface area contributed by atoms with Crippen LogP contribution in [0.25, 0.3) is 0 Å². The zero-order valence-corrected chi connectivity index (χ0v) is 12.0. The monoisotopic (exact) mass is 277 g/mol. The van der Waals surface area contributed by atoms with Crippen molar-refractivity contribution in [1.82, 2.24) is 5.32 Å². The Morgan fingerprint density at radius 1 is 1.20 bits per heavy atom. The van der Waals surface area contributed by atoms with Crippen molar-refractivity contribution in [1.29, 1.82) is 0 Å². The first-order chi connectivity index (χ1) is 6.85. The molecular formula is C12H24BrNO. The largest absolute Gasteiger partial charge is 0.378 e. The van der Waals surface area contributed by atoms with Crippen molar-refractivity contribution in [2.24, 2.45) is 0 Å². The van der Waals surface area contributed by atoms with Gasteiger partial charge in [0.15, 0.2) is 0 Å². The molecule has 0 radical (unpaired) electrons. The number of halogens is 1. The lowest BCUT2D eigenvalue weighted by Gasteiger charge is -2.46. The van der Waals surface area contributed by atoms with Gasteiger partial charge in [0.2, 0.25) is 0 Å². The van der Waals surface area contributed by atoms with E-state index in [9.17, 15) is 0 Å². The first-order valence-corrected chi connectivity index (χ1v) is 6.94. The fourth-order valence-electron chi connectivity index (χ4n) is 2.65. The lowest BCUT2D eigenvalue weighted by molar-refractivity contribution is -0.0209. The summed E-state index contributed by atoms with van der Waals surface area (Å²) < 4.78 is 5.92. The lowest BCUT2D eigenvalue weighted by Crippen LogP contribution is -2.59. The molecule has 0 bridgehead atoms. The van der Waals surface area contributed by atoms with Crippen molar-refractivity contribution in [3.8, 4) is 0 Å². The molecule has 1 aliphatic heterocycles. The summed E-state index contributed by atoms with van der Waals surface area (Å²) in [5.41, 5.74) is 0.391. The van der Waals surface area contributed by atoms with Crippen LogP contribution >= 0.6 is 15.9 Å². The number of hydrogen-bond donors (Lipinski definition) is 1. The van der Waals surface area contributed by atoms with Gasteiger partial charge in [0.1, 0.15) is 0 Å². The van der Waals surface area contributed by atoms with Gasteiger partial charge in [-0.05, 0) is 47.0 Å². The van der Waals surface area contributed by atoms with Crippen LogP contribution < -0.4 is 5.32 Å². The molecule has 1 aliphatic rings. The highest BCUT2D eigenvalue weighted by molar-refractivity contribution is 9.09. The lowest BCUT2D eigenvalue weighted by atomic mass is 9.81. The molecule has 1 N–H and O–H groups in total. The van der Waals surface area contributed by atoms with Crippen molar-refractivity contribution in [3.63, 3.8) is 0 Å². The topological polar surface area (TPSA) is 21.3 Å². The van der Waals surface area contributed by atoms with Crippen LogP contribution in [0.3, 0.4) is 0 Å². The van der Waals surface area contributed by atoms with E-state index in [-0.39, 0.29) is 11.1 Å². The summed E-state index contributed by atoms with van der Waals surface area (Å²) in [6, 6.07) is 0. The van der Waals surface area contributed by atoms with Crippen LogP contribution in [-0.2, 0) is 4.74 Å². The minimum absolute atomic E-state index is 0.195. The van der Waals surface area contributed by atoms with Gasteiger partial charge in [-0.1, -0.05) is 15.9 Å². The van der Waals surface area contributed by atoms with Crippen LogP contribution in [0.1, 0.15) is 47.0 Å². The second-order valence-corrected chi connectivity index (χ2v) is 6.63. The van der Waals surface area contributed by atoms with Gasteiger partial charge in [-0.25, -0.2) is 0 Å². The van der Waals surface area contributed by atoms with E-state index in [4.69, 9.17) is 4.74 Å². The maximum atomic E-state index is 5.92. The minimum Gasteiger partial charge on any atom is -0.378 e. The third kappa shape index (κ3) is 4.83. The highest BCUT2D eigenvalue weighted by Crippen LogP contribution is 2.30. The third-order valence-corrected chi connectivity index (χ3v) is 3.34. The third-order valence-electron chi connectivity index (χ3n) is 2.78. The van der Waals surface area contributed by atoms with Crippen LogP contribution in [0.15, 0.2) is 0 Å². The normalized spacial score (nSPS) is 25.4. The van der Waals surface area contributed by atoms with Gasteiger partial charge in [0, 0.05) is 23.0 Å². The Morgan fingerprint density at radius 3 is 2.20 bits per heavy atom. The Labute approximate surface area is 102 Å². The summed E-state index contributed by atoms with van der Waals surface area (Å²) >= 11 is 3.43. The molecule has 3 heteroatoms. The molecule has 0 spiro atoms. The molecule has 0 amide bonds. The Balaban J connectivity index is 2.44. The van der Waals surface area contributed by atoms with Crippen molar-refractivity contribution in [3.05, 3.63) is 0 Å². The summed E-state index contributed by atoms with van der Waals surface area (Å²) in [6.45, 7) is 9.91. The summed E-state index contributed by atoms with van der Waals surface area (Å²) in [5, 5.41) is 4.70. The predicted octanol–water partition coefficient (Wildman–Crippen LogP) is 3.10. The predicted molar refractivity (Wildman–Crippen MR) is 68.7 cm³/mol. The van der Waals surface area contributed by atoms with Gasteiger partial charge in [0.05, 0.1) is 6.10 Å². The average Bonchev–Trinajstić information content (AvgIpc) is 1.98. The van der Waals surface area contributed by atoms with Crippen LogP contribution in [0.4, 0.5) is 0 Å². The number of ether oxygens (including phenoxy) is 1. The highest BCUT2D eigenvalue weighted by atomic mass is 79.9. The maximum Gasteiger partial charge on any atom is 0.0609 e. The number of piperidine rings is 1. The number of alkyl halides is 1. The van der Waals surface area contributed by atoms with Crippen LogP contribution in [-0.4, -0.2) is 29.1 Å². The maximum absolute atomic E-state index is 5.92. The SMILES string of the molecule is CC1(C)CC(OCCCBr)CC(C)(C)N1. The molecule has 1 heterocycles. The van der Waals surface area contributed by atoms with Gasteiger partial charge in [-0.3, -0.25) is 0 Å². The first kappa shape index (κ1) is 13.5. The standard InChI is InChI=1S/C12H24BrNO/c1-11(2)8-10(15-7-5-6-13)9-12(3,4)14-11/h10,14H,5-9H2,1-4H3. The van der Waals surface area contributed by atoms with Gasteiger partial charge >= 0.3 is 0 Å². The zero-order chi connectivity index (χ0) is 11.5. The van der Waals surface area contributed by atoms with Crippen molar-refractivity contribution >= 4 is 15.9 Å². The van der Waals surface area contributed by atoms with E-state index in [0.717, 1.165) is 31.2 Å². The fourth-order valence-corrected chi connectivity index (χ4v) is 2.88. The number of hydrogen-bond acceptors (Lipinski definition) is 2. The zero-order valence-electron chi connectivity index (χ0n) is 10.4. The molecule has 0 saturated carbocycles. The Kier molecular flexibility index (Phi) is 4.63. The molecule has 15 heavy (non-hydrogen) atoms. The molecule has 0 atom stereocenters. The molecule has 0 aromatic heterocycles. The van der Waals surface area contributed by atoms with E-state index in [1.165, 1.54) is 0 Å². The van der Waals surface area contributed by atoms with E-state index < -0.39 is 0 Å². The molecule has 0 unspecified atom stereocenters. The van der Waals surface area contributed by atoms with Crippen molar-refractivity contribution < 1.29 is 4.74 Å². The van der Waals surface area contributed by atoms with E-state index in [1.807, 2.05) is 0 Å². The van der Waals surface area contributed by atoms with E-state index in [1.54, 1.807) is 0 Å². The quantitative estimate of drug-likeness (QED) is 0.630. The van der Waals surface area contributed by atoms with E-state index in [0.29, 0.717) is 6.10 Å². The second-order valence-electron chi connectivity index (χ2n) is 5.84. The fraction of sp³-hybridized carbons (Fsp3) is 1.00. The number of rotatable bonds is 4. The average molecular weight is 278 g/mol. The Hall–Kier alpha value is 0.400. The second kappa shape index (κ2) is 5.15. The summed E-state index contributed by atoms with van der Waals surface area (Å²) in [5.74, 6) is 0. The number of nitrogens with one attached hydrogen (secondary N) is 1. The van der Waals surface area contributed by atoms with Gasteiger partial charge in [0.25, 0.3) is 0 Å². The molecule has 1 saturated heterocycles. The molecule has 2 nitrogen and oxygen atoms in total.